The Labute approximate surface area is 85.9 Å². The summed E-state index contributed by atoms with van der Waals surface area (Å²) in [6.07, 6.45) is 8.59. The quantitative estimate of drug-likeness (QED) is 0.739. The average molecular weight is 215 g/mol. The second-order valence-electron chi connectivity index (χ2n) is 4.03. The molecule has 1 aromatic rings. The van der Waals surface area contributed by atoms with Gasteiger partial charge >= 0.3 is 0 Å². The van der Waals surface area contributed by atoms with Gasteiger partial charge in [0.25, 0.3) is 0 Å². The molecule has 0 bridgehead atoms. The van der Waals surface area contributed by atoms with E-state index in [0.717, 1.165) is 0 Å². The zero-order valence-corrected chi connectivity index (χ0v) is 10.2. The molecule has 1 aromatic heterocycles. The molecule has 1 aliphatic rings. The van der Waals surface area contributed by atoms with E-state index in [9.17, 15) is 0 Å². The van der Waals surface area contributed by atoms with E-state index in [0.29, 0.717) is 0 Å². The summed E-state index contributed by atoms with van der Waals surface area (Å²) in [6, 6.07) is 0. The highest BCUT2D eigenvalue weighted by molar-refractivity contribution is 8.33. The number of rotatable bonds is 2. The van der Waals surface area contributed by atoms with Gasteiger partial charge in [-0.25, -0.2) is 4.98 Å². The smallest absolute Gasteiger partial charge is 0.132 e. The van der Waals surface area contributed by atoms with E-state index in [2.05, 4.69) is 19.4 Å². The standard InChI is InChI=1S/C10H17NS2/c1-4-13(2,3)10-11-8-6-5-7-9(8)12-10/h4-7H2,1-3H3. The highest BCUT2D eigenvalue weighted by Gasteiger charge is 2.22. The molecule has 1 heterocycles. The van der Waals surface area contributed by atoms with Gasteiger partial charge in [-0.05, 0) is 37.5 Å². The van der Waals surface area contributed by atoms with E-state index in [-0.39, 0.29) is 0 Å². The van der Waals surface area contributed by atoms with E-state index in [4.69, 9.17) is 4.98 Å². The van der Waals surface area contributed by atoms with Crippen LogP contribution in [0.5, 0.6) is 0 Å². The van der Waals surface area contributed by atoms with Crippen molar-refractivity contribution in [2.24, 2.45) is 0 Å². The molecule has 0 unspecified atom stereocenters. The predicted octanol–water partition coefficient (Wildman–Crippen LogP) is 3.07. The van der Waals surface area contributed by atoms with Crippen molar-refractivity contribution in [2.75, 3.05) is 18.3 Å². The van der Waals surface area contributed by atoms with Gasteiger partial charge in [-0.1, -0.05) is 6.92 Å². The molecule has 0 N–H and O–H groups in total. The van der Waals surface area contributed by atoms with Gasteiger partial charge in [-0.2, -0.15) is 10.0 Å². The normalized spacial score (nSPS) is 17.5. The van der Waals surface area contributed by atoms with Gasteiger partial charge in [-0.15, -0.1) is 11.3 Å². The van der Waals surface area contributed by atoms with E-state index in [1.54, 1.807) is 4.88 Å². The van der Waals surface area contributed by atoms with Crippen molar-refractivity contribution in [1.82, 2.24) is 4.98 Å². The van der Waals surface area contributed by atoms with Crippen LogP contribution in [-0.4, -0.2) is 23.2 Å². The van der Waals surface area contributed by atoms with Crippen LogP contribution < -0.4 is 0 Å². The Bertz CT molecular complexity index is 293. The monoisotopic (exact) mass is 215 g/mol. The molecule has 0 amide bonds. The molecular formula is C10H17NS2. The van der Waals surface area contributed by atoms with Gasteiger partial charge in [0, 0.05) is 4.88 Å². The summed E-state index contributed by atoms with van der Waals surface area (Å²) in [5.74, 6) is 1.26. The molecule has 0 aromatic carbocycles. The first-order chi connectivity index (χ1) is 6.13. The third-order valence-electron chi connectivity index (χ3n) is 2.77. The SMILES string of the molecule is CCS(C)(C)c1nc2c(s1)CCC2. The highest BCUT2D eigenvalue weighted by atomic mass is 32.3. The summed E-state index contributed by atoms with van der Waals surface area (Å²) >= 11 is 1.98. The number of thiazole rings is 1. The Balaban J connectivity index is 2.33. The Morgan fingerprint density at radius 3 is 2.77 bits per heavy atom. The maximum absolute atomic E-state index is 4.79. The molecule has 1 nitrogen and oxygen atoms in total. The first kappa shape index (κ1) is 9.53. The van der Waals surface area contributed by atoms with E-state index >= 15 is 0 Å². The van der Waals surface area contributed by atoms with Crippen molar-refractivity contribution in [2.45, 2.75) is 30.5 Å². The topological polar surface area (TPSA) is 12.9 Å². The van der Waals surface area contributed by atoms with Crippen LogP contribution in [0.25, 0.3) is 0 Å². The maximum Gasteiger partial charge on any atom is 0.132 e. The van der Waals surface area contributed by atoms with Crippen LogP contribution in [0.2, 0.25) is 0 Å². The molecule has 0 saturated carbocycles. The van der Waals surface area contributed by atoms with Crippen molar-refractivity contribution in [3.63, 3.8) is 0 Å². The van der Waals surface area contributed by atoms with Gasteiger partial charge in [0.05, 0.1) is 5.69 Å². The fourth-order valence-electron chi connectivity index (χ4n) is 1.53. The van der Waals surface area contributed by atoms with Crippen molar-refractivity contribution >= 4 is 21.4 Å². The van der Waals surface area contributed by atoms with Gasteiger partial charge in [0.1, 0.15) is 4.34 Å². The Hall–Kier alpha value is -0.0200. The number of aryl methyl sites for hydroxylation is 2. The van der Waals surface area contributed by atoms with E-state index in [1.165, 1.54) is 35.0 Å². The van der Waals surface area contributed by atoms with Gasteiger partial charge < -0.3 is 0 Å². The lowest BCUT2D eigenvalue weighted by Crippen LogP contribution is -1.98. The molecule has 2 rings (SSSR count). The highest BCUT2D eigenvalue weighted by Crippen LogP contribution is 2.51. The van der Waals surface area contributed by atoms with Crippen molar-refractivity contribution < 1.29 is 0 Å². The second kappa shape index (κ2) is 3.28. The predicted molar refractivity (Wildman–Crippen MR) is 62.4 cm³/mol. The number of nitrogens with zero attached hydrogens (tertiary/aromatic N) is 1. The first-order valence-corrected chi connectivity index (χ1v) is 8.26. The van der Waals surface area contributed by atoms with Gasteiger partial charge in [0.15, 0.2) is 0 Å². The third kappa shape index (κ3) is 1.64. The summed E-state index contributed by atoms with van der Waals surface area (Å²) in [5.41, 5.74) is 1.41. The Kier molecular flexibility index (Phi) is 2.41. The Morgan fingerprint density at radius 2 is 2.15 bits per heavy atom. The number of fused-ring (bicyclic) bond motifs is 1. The molecule has 0 fully saturated rings. The molecule has 74 valence electrons. The lowest BCUT2D eigenvalue weighted by atomic mass is 10.4. The van der Waals surface area contributed by atoms with Crippen LogP contribution in [0.1, 0.15) is 23.9 Å². The second-order valence-corrected chi connectivity index (χ2v) is 9.41. The van der Waals surface area contributed by atoms with Crippen LogP contribution in [0.15, 0.2) is 4.34 Å². The molecule has 0 saturated heterocycles. The zero-order valence-electron chi connectivity index (χ0n) is 8.59. The maximum atomic E-state index is 4.79. The van der Waals surface area contributed by atoms with Gasteiger partial charge in [0.2, 0.25) is 0 Å². The fraction of sp³-hybridized carbons (Fsp3) is 0.700. The summed E-state index contributed by atoms with van der Waals surface area (Å²) in [7, 11) is -0.569. The molecule has 13 heavy (non-hydrogen) atoms. The lowest BCUT2D eigenvalue weighted by Gasteiger charge is -2.26. The molecule has 3 heteroatoms. The van der Waals surface area contributed by atoms with E-state index < -0.39 is 10.0 Å². The molecule has 0 atom stereocenters. The van der Waals surface area contributed by atoms with Gasteiger partial charge in [-0.3, -0.25) is 0 Å². The minimum Gasteiger partial charge on any atom is -0.236 e. The average Bonchev–Trinajstić information content (AvgIpc) is 2.61. The lowest BCUT2D eigenvalue weighted by molar-refractivity contribution is 0.890. The Morgan fingerprint density at radius 1 is 1.38 bits per heavy atom. The van der Waals surface area contributed by atoms with Crippen molar-refractivity contribution in [3.05, 3.63) is 10.6 Å². The molecule has 0 radical (unpaired) electrons. The molecule has 0 aliphatic heterocycles. The third-order valence-corrected chi connectivity index (χ3v) is 7.81. The summed E-state index contributed by atoms with van der Waals surface area (Å²) in [4.78, 5) is 6.36. The minimum atomic E-state index is -0.569. The summed E-state index contributed by atoms with van der Waals surface area (Å²) in [5, 5.41) is 0. The van der Waals surface area contributed by atoms with Crippen molar-refractivity contribution in [1.29, 1.82) is 0 Å². The summed E-state index contributed by atoms with van der Waals surface area (Å²) in [6.45, 7) is 2.28. The summed E-state index contributed by atoms with van der Waals surface area (Å²) < 4.78 is 1.43. The largest absolute Gasteiger partial charge is 0.236 e. The number of hydrogen-bond donors (Lipinski definition) is 0. The van der Waals surface area contributed by atoms with Crippen LogP contribution in [0.3, 0.4) is 0 Å². The fourth-order valence-corrected chi connectivity index (χ4v) is 4.57. The number of hydrogen-bond acceptors (Lipinski definition) is 2. The number of aromatic nitrogens is 1. The minimum absolute atomic E-state index is 0.569. The van der Waals surface area contributed by atoms with Crippen LogP contribution in [0.4, 0.5) is 0 Å². The molecule has 1 aliphatic carbocycles. The van der Waals surface area contributed by atoms with Crippen LogP contribution in [-0.2, 0) is 12.8 Å². The van der Waals surface area contributed by atoms with Crippen LogP contribution >= 0.6 is 21.4 Å². The molecular weight excluding hydrogens is 198 g/mol. The first-order valence-electron chi connectivity index (χ1n) is 4.83. The van der Waals surface area contributed by atoms with Crippen molar-refractivity contribution in [3.8, 4) is 0 Å². The van der Waals surface area contributed by atoms with Crippen LogP contribution in [0, 0.1) is 0 Å². The van der Waals surface area contributed by atoms with E-state index in [1.807, 2.05) is 11.3 Å². The molecule has 0 spiro atoms. The zero-order chi connectivity index (χ0) is 9.47.